The highest BCUT2D eigenvalue weighted by Gasteiger charge is 2.25. The molecule has 4 heterocycles. The minimum Gasteiger partial charge on any atom is -0.356 e. The monoisotopic (exact) mass is 427 g/mol. The molecule has 7 heteroatoms. The van der Waals surface area contributed by atoms with Crippen molar-refractivity contribution in [2.24, 2.45) is 0 Å². The van der Waals surface area contributed by atoms with Crippen molar-refractivity contribution in [3.05, 3.63) is 57.1 Å². The Morgan fingerprint density at radius 2 is 2.13 bits per heavy atom. The van der Waals surface area contributed by atoms with Crippen molar-refractivity contribution >= 4 is 11.0 Å². The number of aromatic nitrogens is 3. The third-order valence-electron chi connectivity index (χ3n) is 4.68. The van der Waals surface area contributed by atoms with Crippen LogP contribution in [0.4, 0.5) is 4.39 Å². The molecule has 2 aliphatic heterocycles. The molecule has 1 saturated heterocycles. The molecular formula is C23H27FN4O2. The van der Waals surface area contributed by atoms with Gasteiger partial charge in [0.05, 0.1) is 5.69 Å². The second kappa shape index (κ2) is 7.95. The number of halogens is 1. The van der Waals surface area contributed by atoms with E-state index in [2.05, 4.69) is 10.1 Å². The van der Waals surface area contributed by atoms with Crippen LogP contribution in [0.2, 0.25) is 0 Å². The lowest BCUT2D eigenvalue weighted by Gasteiger charge is -2.31. The van der Waals surface area contributed by atoms with Crippen LogP contribution in [0.3, 0.4) is 0 Å². The number of piperidine rings is 1. The van der Waals surface area contributed by atoms with Crippen LogP contribution in [-0.4, -0.2) is 39.1 Å². The van der Waals surface area contributed by atoms with Crippen LogP contribution in [0.25, 0.3) is 11.0 Å². The van der Waals surface area contributed by atoms with Gasteiger partial charge in [-0.15, -0.1) is 0 Å². The number of fused-ring (bicyclic) bond motifs is 2. The van der Waals surface area contributed by atoms with Gasteiger partial charge in [0.2, 0.25) is 0 Å². The maximum atomic E-state index is 13.8. The summed E-state index contributed by atoms with van der Waals surface area (Å²) in [5.41, 5.74) is -3.43. The molecule has 1 fully saturated rings. The van der Waals surface area contributed by atoms with Crippen LogP contribution in [0.5, 0.6) is 0 Å². The van der Waals surface area contributed by atoms with Crippen LogP contribution in [-0.2, 0) is 19.3 Å². The summed E-state index contributed by atoms with van der Waals surface area (Å²) in [6.45, 7) is -10.5. The predicted octanol–water partition coefficient (Wildman–Crippen LogP) is 3.59. The molecule has 2 aliphatic rings. The van der Waals surface area contributed by atoms with E-state index in [1.165, 1.54) is 0 Å². The second-order valence-electron chi connectivity index (χ2n) is 6.55. The van der Waals surface area contributed by atoms with Crippen molar-refractivity contribution in [1.29, 1.82) is 0 Å². The molecule has 158 valence electrons. The third-order valence-corrected chi connectivity index (χ3v) is 4.68. The zero-order valence-electron chi connectivity index (χ0n) is 32.6. The minimum atomic E-state index is -3.65. The van der Waals surface area contributed by atoms with Gasteiger partial charge in [-0.25, -0.2) is 9.37 Å². The molecule has 6 nitrogen and oxygen atoms in total. The van der Waals surface area contributed by atoms with Crippen molar-refractivity contribution in [2.75, 3.05) is 19.5 Å². The van der Waals surface area contributed by atoms with Crippen molar-refractivity contribution < 1.29 is 32.2 Å². The topological polar surface area (TPSA) is 64.2 Å². The fourth-order valence-electron chi connectivity index (χ4n) is 3.16. The highest BCUT2D eigenvalue weighted by Crippen LogP contribution is 2.32. The molecule has 0 unspecified atom stereocenters. The Balaban J connectivity index is 1.63. The van der Waals surface area contributed by atoms with Gasteiger partial charge in [-0.05, 0) is 64.0 Å². The summed E-state index contributed by atoms with van der Waals surface area (Å²) in [4.78, 5) is 17.7. The fourth-order valence-corrected chi connectivity index (χ4v) is 3.16. The Hall–Kier alpha value is -2.54. The standard InChI is InChI=1S/C23H27FN4O2/c1-15-18(23(29)28-10-3-2-4-21(28)25-15)9-13-27-11-7-16(8-12-27)22-19-6-5-17(24)14-20(19)30-26-22/h5-6,14,16H,2-4,7-13H2,1H3/i2D2,3D2,4D2,7D2,8D2,10D2,11D2,12D2,16D. The molecular weight excluding hydrogens is 383 g/mol. The van der Waals surface area contributed by atoms with Crippen molar-refractivity contribution in [3.63, 3.8) is 0 Å². The summed E-state index contributed by atoms with van der Waals surface area (Å²) < 4.78 is 163. The molecule has 0 radical (unpaired) electrons. The van der Waals surface area contributed by atoms with Crippen LogP contribution >= 0.6 is 0 Å². The Morgan fingerprint density at radius 1 is 1.30 bits per heavy atom. The van der Waals surface area contributed by atoms with Gasteiger partial charge < -0.3 is 9.42 Å². The average Bonchev–Trinajstić information content (AvgIpc) is 3.34. The molecule has 30 heavy (non-hydrogen) atoms. The quantitative estimate of drug-likeness (QED) is 0.637. The van der Waals surface area contributed by atoms with Gasteiger partial charge in [0, 0.05) is 71.3 Å². The summed E-state index contributed by atoms with van der Waals surface area (Å²) in [7, 11) is 0. The van der Waals surface area contributed by atoms with Crippen LogP contribution < -0.4 is 5.56 Å². The Morgan fingerprint density at radius 3 is 2.97 bits per heavy atom. The zero-order chi connectivity index (χ0) is 35.9. The van der Waals surface area contributed by atoms with Gasteiger partial charge in [-0.1, -0.05) is 5.16 Å². The summed E-state index contributed by atoms with van der Waals surface area (Å²) >= 11 is 0. The summed E-state index contributed by atoms with van der Waals surface area (Å²) in [6.07, 6.45) is -18.6. The lowest BCUT2D eigenvalue weighted by atomic mass is 9.91. The average molecular weight is 428 g/mol. The van der Waals surface area contributed by atoms with Crippen LogP contribution in [0.15, 0.2) is 27.5 Å². The molecule has 0 bridgehead atoms. The van der Waals surface area contributed by atoms with Crippen molar-refractivity contribution in [2.45, 2.75) is 57.6 Å². The van der Waals surface area contributed by atoms with E-state index >= 15 is 0 Å². The molecule has 1 aromatic carbocycles. The number of rotatable bonds is 4. The number of nitrogens with zero attached hydrogens (tertiary/aromatic N) is 4. The van der Waals surface area contributed by atoms with Gasteiger partial charge in [-0.2, -0.15) is 0 Å². The second-order valence-corrected chi connectivity index (χ2v) is 6.55. The predicted molar refractivity (Wildman–Crippen MR) is 112 cm³/mol. The molecule has 5 rings (SSSR count). The number of aryl methyl sites for hydroxylation is 2. The molecule has 0 spiro atoms. The first-order chi connectivity index (χ1) is 21.0. The van der Waals surface area contributed by atoms with E-state index in [4.69, 9.17) is 27.8 Å². The number of benzene rings is 1. The zero-order valence-corrected chi connectivity index (χ0v) is 15.6. The van der Waals surface area contributed by atoms with Crippen LogP contribution in [0.1, 0.15) is 77.5 Å². The lowest BCUT2D eigenvalue weighted by Crippen LogP contribution is -2.37. The SMILES string of the molecule is [2H]C1([2H])c2nc(C)c(CCN3C([2H])([2H])C([2H])([2H])C([2H])(c4noc5cc(F)ccc45)C([2H])([2H])C3([2H])[2H])c(=O)n2C([2H])([2H])C([2H])([2H])C1([2H])[2H]. The largest absolute Gasteiger partial charge is 0.356 e. The van der Waals surface area contributed by atoms with E-state index in [0.29, 0.717) is 0 Å². The first kappa shape index (κ1) is 8.19. The highest BCUT2D eigenvalue weighted by molar-refractivity contribution is 5.79. The summed E-state index contributed by atoms with van der Waals surface area (Å²) in [5, 5.41) is 3.28. The van der Waals surface area contributed by atoms with Gasteiger partial charge in [0.15, 0.2) is 5.58 Å². The Labute approximate surface area is 198 Å². The van der Waals surface area contributed by atoms with E-state index in [1.807, 2.05) is 0 Å². The number of likely N-dealkylation sites (tertiary alicyclic amines) is 1. The normalized spacial score (nSPS) is 40.9. The Bertz CT molecular complexity index is 1830. The first-order valence-electron chi connectivity index (χ1n) is 17.5. The van der Waals surface area contributed by atoms with E-state index in [0.717, 1.165) is 25.1 Å². The van der Waals surface area contributed by atoms with E-state index in [-0.39, 0.29) is 26.1 Å². The smallest absolute Gasteiger partial charge is 0.256 e. The van der Waals surface area contributed by atoms with E-state index in [1.54, 1.807) is 0 Å². The highest BCUT2D eigenvalue weighted by atomic mass is 19.1. The number of hydrogen-bond donors (Lipinski definition) is 0. The molecule has 0 aliphatic carbocycles. The van der Waals surface area contributed by atoms with Crippen molar-refractivity contribution in [1.82, 2.24) is 19.6 Å². The fraction of sp³-hybridized carbons (Fsp3) is 0.522. The van der Waals surface area contributed by atoms with Gasteiger partial charge in [0.1, 0.15) is 11.6 Å². The molecule has 0 amide bonds. The molecule has 0 atom stereocenters. The number of hydrogen-bond acceptors (Lipinski definition) is 5. The maximum Gasteiger partial charge on any atom is 0.256 e. The van der Waals surface area contributed by atoms with Gasteiger partial charge >= 0.3 is 0 Å². The van der Waals surface area contributed by atoms with Gasteiger partial charge in [-0.3, -0.25) is 9.36 Å². The van der Waals surface area contributed by atoms with Crippen molar-refractivity contribution in [3.8, 4) is 0 Å². The maximum absolute atomic E-state index is 13.8. The molecule has 0 saturated carbocycles. The summed E-state index contributed by atoms with van der Waals surface area (Å²) in [6, 6.07) is 2.71. The lowest BCUT2D eigenvalue weighted by molar-refractivity contribution is 0.211. The van der Waals surface area contributed by atoms with E-state index < -0.39 is 98.7 Å². The van der Waals surface area contributed by atoms with E-state index in [9.17, 15) is 9.18 Å². The summed E-state index contributed by atoms with van der Waals surface area (Å²) in [5.74, 6) is -5.35. The van der Waals surface area contributed by atoms with Gasteiger partial charge in [0.25, 0.3) is 5.56 Å². The Kier molecular flexibility index (Phi) is 2.17. The third kappa shape index (κ3) is 3.55. The first-order valence-corrected chi connectivity index (χ1v) is 8.98. The molecule has 3 aromatic rings. The molecule has 0 N–H and O–H groups in total. The minimum absolute atomic E-state index is 0.0159. The molecule has 2 aromatic heterocycles. The van der Waals surface area contributed by atoms with Crippen LogP contribution in [0, 0.1) is 12.7 Å².